The molecule has 5 N–H and O–H groups in total. The lowest BCUT2D eigenvalue weighted by molar-refractivity contribution is 0.199. The molecular weight excluding hydrogens is 249 g/mol. The Bertz CT molecular complexity index is 520. The predicted molar refractivity (Wildman–Crippen MR) is 60.1 cm³/mol. The Morgan fingerprint density at radius 2 is 2.24 bits per heavy atom. The molecule has 8 nitrogen and oxygen atoms in total. The highest BCUT2D eigenvalue weighted by Gasteiger charge is 2.09. The molecule has 9 heteroatoms. The van der Waals surface area contributed by atoms with Crippen molar-refractivity contribution in [3.63, 3.8) is 0 Å². The molecule has 1 atom stereocenters. The lowest BCUT2D eigenvalue weighted by Gasteiger charge is -2.08. The number of aliphatic hydroxyl groups is 1. The zero-order chi connectivity index (χ0) is 13.1. The molecule has 0 amide bonds. The minimum Gasteiger partial charge on any atom is -0.387 e. The van der Waals surface area contributed by atoms with Crippen molar-refractivity contribution >= 4 is 13.4 Å². The van der Waals surface area contributed by atoms with Crippen molar-refractivity contribution in [3.05, 3.63) is 34.6 Å². The van der Waals surface area contributed by atoms with E-state index in [0.29, 0.717) is 5.82 Å². The van der Waals surface area contributed by atoms with E-state index in [9.17, 15) is 14.5 Å². The molecular formula is C8H12N3O5P. The molecule has 1 heterocycles. The SMILES string of the molecule is Nc1ccn(C[C@H](O)C=CP(=O)(O)O)c(=O)n1. The number of nitrogens with zero attached hydrogens (tertiary/aromatic N) is 2. The smallest absolute Gasteiger partial charge is 0.349 e. The summed E-state index contributed by atoms with van der Waals surface area (Å²) in [6.45, 7) is -0.164. The Balaban J connectivity index is 2.75. The first-order valence-corrected chi connectivity index (χ1v) is 6.22. The average Bonchev–Trinajstić information content (AvgIpc) is 2.18. The van der Waals surface area contributed by atoms with E-state index >= 15 is 0 Å². The van der Waals surface area contributed by atoms with Crippen LogP contribution in [-0.4, -0.2) is 30.5 Å². The molecule has 1 aromatic rings. The van der Waals surface area contributed by atoms with Crippen LogP contribution >= 0.6 is 7.60 Å². The first kappa shape index (κ1) is 13.6. The highest BCUT2D eigenvalue weighted by atomic mass is 31.2. The maximum atomic E-state index is 11.3. The van der Waals surface area contributed by atoms with Gasteiger partial charge in [0.05, 0.1) is 12.6 Å². The number of hydrogen-bond acceptors (Lipinski definition) is 5. The Kier molecular flexibility index (Phi) is 4.19. The van der Waals surface area contributed by atoms with Crippen molar-refractivity contribution in [1.82, 2.24) is 9.55 Å². The van der Waals surface area contributed by atoms with Crippen LogP contribution in [0, 0.1) is 0 Å². The van der Waals surface area contributed by atoms with Gasteiger partial charge in [0.2, 0.25) is 0 Å². The van der Waals surface area contributed by atoms with Crippen molar-refractivity contribution in [2.45, 2.75) is 12.6 Å². The fraction of sp³-hybridized carbons (Fsp3) is 0.250. The van der Waals surface area contributed by atoms with E-state index in [-0.39, 0.29) is 12.4 Å². The summed E-state index contributed by atoms with van der Waals surface area (Å²) in [6, 6.07) is 1.38. The van der Waals surface area contributed by atoms with E-state index in [1.54, 1.807) is 0 Å². The Morgan fingerprint density at radius 3 is 2.76 bits per heavy atom. The van der Waals surface area contributed by atoms with Crippen LogP contribution < -0.4 is 11.4 Å². The molecule has 0 bridgehead atoms. The van der Waals surface area contributed by atoms with Gasteiger partial charge in [-0.15, -0.1) is 0 Å². The third kappa shape index (κ3) is 4.92. The van der Waals surface area contributed by atoms with Gasteiger partial charge in [0, 0.05) is 12.0 Å². The Hall–Kier alpha value is -1.47. The molecule has 0 fully saturated rings. The molecule has 0 saturated heterocycles. The van der Waals surface area contributed by atoms with Gasteiger partial charge in [-0.1, -0.05) is 0 Å². The van der Waals surface area contributed by atoms with Crippen molar-refractivity contribution < 1.29 is 19.5 Å². The molecule has 0 unspecified atom stereocenters. The van der Waals surface area contributed by atoms with Crippen LogP contribution in [0.15, 0.2) is 29.0 Å². The quantitative estimate of drug-likeness (QED) is 0.503. The van der Waals surface area contributed by atoms with Crippen molar-refractivity contribution in [2.24, 2.45) is 0 Å². The fourth-order valence-electron chi connectivity index (χ4n) is 1.05. The first-order valence-electron chi connectivity index (χ1n) is 4.53. The highest BCUT2D eigenvalue weighted by molar-refractivity contribution is 7.55. The maximum absolute atomic E-state index is 11.3. The van der Waals surface area contributed by atoms with Crippen LogP contribution in [0.25, 0.3) is 0 Å². The minimum atomic E-state index is -4.31. The van der Waals surface area contributed by atoms with E-state index in [2.05, 4.69) is 4.98 Å². The van der Waals surface area contributed by atoms with E-state index in [1.165, 1.54) is 12.3 Å². The second kappa shape index (κ2) is 5.24. The monoisotopic (exact) mass is 261 g/mol. The van der Waals surface area contributed by atoms with Gasteiger partial charge >= 0.3 is 13.3 Å². The molecule has 0 aromatic carbocycles. The summed E-state index contributed by atoms with van der Waals surface area (Å²) in [6.07, 6.45) is 1.05. The van der Waals surface area contributed by atoms with Crippen LogP contribution in [0.3, 0.4) is 0 Å². The molecule has 0 aliphatic carbocycles. The number of anilines is 1. The molecule has 0 spiro atoms. The number of aliphatic hydroxyl groups excluding tert-OH is 1. The molecule has 94 valence electrons. The molecule has 1 aromatic heterocycles. The van der Waals surface area contributed by atoms with E-state index in [4.69, 9.17) is 15.5 Å². The van der Waals surface area contributed by atoms with Crippen LogP contribution in [0.4, 0.5) is 5.82 Å². The average molecular weight is 261 g/mol. The van der Waals surface area contributed by atoms with Gasteiger partial charge in [-0.05, 0) is 12.1 Å². The summed E-state index contributed by atoms with van der Waals surface area (Å²) >= 11 is 0. The van der Waals surface area contributed by atoms with Crippen LogP contribution in [-0.2, 0) is 11.1 Å². The lowest BCUT2D eigenvalue weighted by Crippen LogP contribution is -2.27. The van der Waals surface area contributed by atoms with Gasteiger partial charge in [0.1, 0.15) is 5.82 Å². The van der Waals surface area contributed by atoms with E-state index < -0.39 is 19.4 Å². The molecule has 0 aliphatic heterocycles. The predicted octanol–water partition coefficient (Wildman–Crippen LogP) is -1.12. The fourth-order valence-corrected chi connectivity index (χ4v) is 1.48. The van der Waals surface area contributed by atoms with Gasteiger partial charge < -0.3 is 20.6 Å². The zero-order valence-electron chi connectivity index (χ0n) is 8.67. The summed E-state index contributed by atoms with van der Waals surface area (Å²) in [4.78, 5) is 31.8. The number of nitrogens with two attached hydrogens (primary N) is 1. The molecule has 0 radical (unpaired) electrons. The van der Waals surface area contributed by atoms with Crippen molar-refractivity contribution in [3.8, 4) is 0 Å². The second-order valence-electron chi connectivity index (χ2n) is 3.29. The van der Waals surface area contributed by atoms with Gasteiger partial charge in [-0.2, -0.15) is 4.98 Å². The van der Waals surface area contributed by atoms with Crippen molar-refractivity contribution in [2.75, 3.05) is 5.73 Å². The number of rotatable bonds is 4. The second-order valence-corrected chi connectivity index (χ2v) is 4.76. The Labute approximate surface area is 96.2 Å². The summed E-state index contributed by atoms with van der Waals surface area (Å²) in [7, 11) is -4.31. The summed E-state index contributed by atoms with van der Waals surface area (Å²) in [5.41, 5.74) is 4.63. The van der Waals surface area contributed by atoms with Gasteiger partial charge in [-0.3, -0.25) is 9.13 Å². The standard InChI is InChI=1S/C8H12N3O5P/c9-7-1-3-11(8(13)10-7)5-6(12)2-4-17(14,15)16/h1-4,6,12H,5H2,(H2,9,10,13)(H2,14,15,16)/t6-/m1/s1. The van der Waals surface area contributed by atoms with Crippen LogP contribution in [0.5, 0.6) is 0 Å². The number of nitrogen functional groups attached to an aromatic ring is 1. The maximum Gasteiger partial charge on any atom is 0.349 e. The zero-order valence-corrected chi connectivity index (χ0v) is 9.57. The normalized spacial score (nSPS) is 14.1. The topological polar surface area (TPSA) is 139 Å². The van der Waals surface area contributed by atoms with E-state index in [1.807, 2.05) is 0 Å². The van der Waals surface area contributed by atoms with Gasteiger partial charge in [0.25, 0.3) is 0 Å². The third-order valence-corrected chi connectivity index (χ3v) is 2.34. The number of hydrogen-bond donors (Lipinski definition) is 4. The molecule has 0 aliphatic rings. The van der Waals surface area contributed by atoms with Gasteiger partial charge in [0.15, 0.2) is 0 Å². The van der Waals surface area contributed by atoms with Crippen LogP contribution in [0.2, 0.25) is 0 Å². The van der Waals surface area contributed by atoms with Crippen molar-refractivity contribution in [1.29, 1.82) is 0 Å². The largest absolute Gasteiger partial charge is 0.387 e. The lowest BCUT2D eigenvalue weighted by atomic mass is 10.3. The highest BCUT2D eigenvalue weighted by Crippen LogP contribution is 2.35. The minimum absolute atomic E-state index is 0.0616. The van der Waals surface area contributed by atoms with Crippen LogP contribution in [0.1, 0.15) is 0 Å². The molecule has 0 saturated carbocycles. The first-order chi connectivity index (χ1) is 7.78. The number of aromatic nitrogens is 2. The summed E-state index contributed by atoms with van der Waals surface area (Å²) in [5, 5.41) is 9.41. The molecule has 17 heavy (non-hydrogen) atoms. The molecule has 1 rings (SSSR count). The summed E-state index contributed by atoms with van der Waals surface area (Å²) in [5.74, 6) is 0.638. The Morgan fingerprint density at radius 1 is 1.59 bits per heavy atom. The third-order valence-electron chi connectivity index (χ3n) is 1.78. The summed E-state index contributed by atoms with van der Waals surface area (Å²) < 4.78 is 11.6. The van der Waals surface area contributed by atoms with E-state index in [0.717, 1.165) is 10.6 Å². The van der Waals surface area contributed by atoms with Gasteiger partial charge in [-0.25, -0.2) is 4.79 Å².